The number of fused-ring (bicyclic) bond motifs is 1. The first-order chi connectivity index (χ1) is 11.8. The Bertz CT molecular complexity index is 542. The number of nitrogens with one attached hydrogen (secondary N) is 1. The van der Waals surface area contributed by atoms with Gasteiger partial charge in [-0.25, -0.2) is 0 Å². The molecule has 1 fully saturated rings. The third-order valence-electron chi connectivity index (χ3n) is 5.93. The Balaban J connectivity index is 1.53. The second-order valence-electron chi connectivity index (χ2n) is 7.64. The van der Waals surface area contributed by atoms with Gasteiger partial charge in [-0.2, -0.15) is 0 Å². The van der Waals surface area contributed by atoms with Gasteiger partial charge in [-0.1, -0.05) is 57.6 Å². The lowest BCUT2D eigenvalue weighted by Gasteiger charge is -2.28. The topological polar surface area (TPSA) is 32.3 Å². The molecule has 0 bridgehead atoms. The number of rotatable bonds is 4. The van der Waals surface area contributed by atoms with E-state index in [1.54, 1.807) is 0 Å². The number of para-hydroxylation sites is 1. The summed E-state index contributed by atoms with van der Waals surface area (Å²) in [5, 5.41) is 3.39. The fourth-order valence-electron chi connectivity index (χ4n) is 4.35. The van der Waals surface area contributed by atoms with E-state index in [4.69, 9.17) is 0 Å². The zero-order chi connectivity index (χ0) is 16.8. The number of benzene rings is 1. The summed E-state index contributed by atoms with van der Waals surface area (Å²) in [6.45, 7) is 5.00. The van der Waals surface area contributed by atoms with Gasteiger partial charge < -0.3 is 10.2 Å². The van der Waals surface area contributed by atoms with Crippen LogP contribution in [0.25, 0.3) is 0 Å². The molecule has 0 spiro atoms. The van der Waals surface area contributed by atoms with Gasteiger partial charge >= 0.3 is 0 Å². The monoisotopic (exact) mass is 328 g/mol. The van der Waals surface area contributed by atoms with E-state index in [1.807, 2.05) is 29.2 Å². The number of anilines is 1. The van der Waals surface area contributed by atoms with Crippen molar-refractivity contribution in [3.8, 4) is 0 Å². The Kier molecular flexibility index (Phi) is 6.17. The van der Waals surface area contributed by atoms with Crippen LogP contribution in [0.3, 0.4) is 0 Å². The molecule has 1 aromatic rings. The van der Waals surface area contributed by atoms with E-state index in [1.165, 1.54) is 44.9 Å². The van der Waals surface area contributed by atoms with Crippen LogP contribution in [0.1, 0.15) is 68.6 Å². The van der Waals surface area contributed by atoms with E-state index in [9.17, 15) is 4.79 Å². The summed E-state index contributed by atoms with van der Waals surface area (Å²) in [6, 6.07) is 7.90. The highest BCUT2D eigenvalue weighted by atomic mass is 16.2. The maximum atomic E-state index is 12.8. The summed E-state index contributed by atoms with van der Waals surface area (Å²) in [4.78, 5) is 14.8. The number of hydrogen-bond acceptors (Lipinski definition) is 2. The molecule has 1 aliphatic heterocycles. The SMILES string of the molecule is CC1CCCCCCC1CCCN1CCNc2ccccc2C1=O. The number of carbonyl (C=O) groups excluding carboxylic acids is 1. The van der Waals surface area contributed by atoms with Crippen molar-refractivity contribution in [2.45, 2.75) is 58.3 Å². The number of nitrogens with zero attached hydrogens (tertiary/aromatic N) is 1. The van der Waals surface area contributed by atoms with E-state index >= 15 is 0 Å². The molecule has 0 saturated heterocycles. The maximum absolute atomic E-state index is 12.8. The van der Waals surface area contributed by atoms with E-state index in [0.717, 1.165) is 49.1 Å². The van der Waals surface area contributed by atoms with Crippen LogP contribution in [0, 0.1) is 11.8 Å². The van der Waals surface area contributed by atoms with Crippen LogP contribution in [0.15, 0.2) is 24.3 Å². The quantitative estimate of drug-likeness (QED) is 0.849. The molecule has 1 aromatic carbocycles. The Hall–Kier alpha value is -1.51. The highest BCUT2D eigenvalue weighted by Crippen LogP contribution is 2.31. The van der Waals surface area contributed by atoms with E-state index in [0.29, 0.717) is 0 Å². The first kappa shape index (κ1) is 17.3. The van der Waals surface area contributed by atoms with E-state index < -0.39 is 0 Å². The minimum absolute atomic E-state index is 0.196. The van der Waals surface area contributed by atoms with Gasteiger partial charge in [0.15, 0.2) is 0 Å². The molecule has 24 heavy (non-hydrogen) atoms. The van der Waals surface area contributed by atoms with Gasteiger partial charge in [0, 0.05) is 25.3 Å². The molecule has 1 saturated carbocycles. The maximum Gasteiger partial charge on any atom is 0.256 e. The Labute approximate surface area is 146 Å². The summed E-state index contributed by atoms with van der Waals surface area (Å²) in [5.41, 5.74) is 1.81. The molecular formula is C21H32N2O. The van der Waals surface area contributed by atoms with Crippen molar-refractivity contribution in [3.63, 3.8) is 0 Å². The standard InChI is InChI=1S/C21H32N2O/c1-17-9-4-2-3-5-10-18(17)11-8-15-23-16-14-22-20-13-7-6-12-19(20)21(23)24/h6-7,12-13,17-18,22H,2-5,8-11,14-16H2,1H3. The molecule has 1 N–H and O–H groups in total. The smallest absolute Gasteiger partial charge is 0.256 e. The summed E-state index contributed by atoms with van der Waals surface area (Å²) in [6.07, 6.45) is 10.8. The number of carbonyl (C=O) groups is 1. The lowest BCUT2D eigenvalue weighted by Crippen LogP contribution is -2.33. The third-order valence-corrected chi connectivity index (χ3v) is 5.93. The van der Waals surface area contributed by atoms with Gasteiger partial charge in [-0.15, -0.1) is 0 Å². The van der Waals surface area contributed by atoms with Gasteiger partial charge in [0.05, 0.1) is 5.56 Å². The molecule has 3 rings (SSSR count). The Morgan fingerprint density at radius 1 is 1.12 bits per heavy atom. The zero-order valence-electron chi connectivity index (χ0n) is 15.1. The van der Waals surface area contributed by atoms with E-state index in [2.05, 4.69) is 12.2 Å². The predicted molar refractivity (Wildman–Crippen MR) is 100 cm³/mol. The minimum Gasteiger partial charge on any atom is -0.383 e. The van der Waals surface area contributed by atoms with Crippen molar-refractivity contribution in [3.05, 3.63) is 29.8 Å². The first-order valence-electron chi connectivity index (χ1n) is 9.88. The lowest BCUT2D eigenvalue weighted by atomic mass is 9.80. The van der Waals surface area contributed by atoms with Gasteiger partial charge in [-0.05, 0) is 36.8 Å². The molecule has 1 heterocycles. The van der Waals surface area contributed by atoms with Crippen LogP contribution in [0.5, 0.6) is 0 Å². The second-order valence-corrected chi connectivity index (χ2v) is 7.64. The van der Waals surface area contributed by atoms with Crippen LogP contribution in [0.4, 0.5) is 5.69 Å². The molecular weight excluding hydrogens is 296 g/mol. The second kappa shape index (κ2) is 8.55. The summed E-state index contributed by atoms with van der Waals surface area (Å²) < 4.78 is 0. The normalized spacial score (nSPS) is 25.2. The number of amides is 1. The zero-order valence-corrected chi connectivity index (χ0v) is 15.1. The van der Waals surface area contributed by atoms with Gasteiger partial charge in [0.25, 0.3) is 5.91 Å². The van der Waals surface area contributed by atoms with E-state index in [-0.39, 0.29) is 5.91 Å². The Morgan fingerprint density at radius 2 is 1.92 bits per heavy atom. The van der Waals surface area contributed by atoms with Gasteiger partial charge in [-0.3, -0.25) is 4.79 Å². The lowest BCUT2D eigenvalue weighted by molar-refractivity contribution is 0.0760. The number of hydrogen-bond donors (Lipinski definition) is 1. The summed E-state index contributed by atoms with van der Waals surface area (Å²) in [5.74, 6) is 1.91. The predicted octanol–water partition coefficient (Wildman–Crippen LogP) is 4.94. The van der Waals surface area contributed by atoms with Crippen molar-refractivity contribution in [1.29, 1.82) is 0 Å². The highest BCUT2D eigenvalue weighted by molar-refractivity contribution is 6.00. The Morgan fingerprint density at radius 3 is 2.79 bits per heavy atom. The molecule has 3 heteroatoms. The molecule has 3 nitrogen and oxygen atoms in total. The third kappa shape index (κ3) is 4.31. The molecule has 1 amide bonds. The molecule has 1 aliphatic carbocycles. The fraction of sp³-hybridized carbons (Fsp3) is 0.667. The van der Waals surface area contributed by atoms with Crippen LogP contribution < -0.4 is 5.32 Å². The van der Waals surface area contributed by atoms with Crippen LogP contribution in [-0.4, -0.2) is 30.4 Å². The largest absolute Gasteiger partial charge is 0.383 e. The average molecular weight is 329 g/mol. The minimum atomic E-state index is 0.196. The van der Waals surface area contributed by atoms with Crippen LogP contribution in [-0.2, 0) is 0 Å². The molecule has 0 radical (unpaired) electrons. The van der Waals surface area contributed by atoms with Gasteiger partial charge in [0.2, 0.25) is 0 Å². The van der Waals surface area contributed by atoms with Crippen molar-refractivity contribution in [1.82, 2.24) is 4.90 Å². The van der Waals surface area contributed by atoms with Crippen molar-refractivity contribution in [2.75, 3.05) is 25.0 Å². The molecule has 2 aliphatic rings. The fourth-order valence-corrected chi connectivity index (χ4v) is 4.35. The first-order valence-corrected chi connectivity index (χ1v) is 9.88. The van der Waals surface area contributed by atoms with Crippen LogP contribution >= 0.6 is 0 Å². The molecule has 0 aromatic heterocycles. The highest BCUT2D eigenvalue weighted by Gasteiger charge is 2.23. The van der Waals surface area contributed by atoms with Crippen molar-refractivity contribution < 1.29 is 4.79 Å². The van der Waals surface area contributed by atoms with Gasteiger partial charge in [0.1, 0.15) is 0 Å². The molecule has 2 atom stereocenters. The average Bonchev–Trinajstić information content (AvgIpc) is 2.74. The molecule has 132 valence electrons. The molecule has 2 unspecified atom stereocenters. The summed E-state index contributed by atoms with van der Waals surface area (Å²) in [7, 11) is 0. The summed E-state index contributed by atoms with van der Waals surface area (Å²) >= 11 is 0. The van der Waals surface area contributed by atoms with Crippen molar-refractivity contribution >= 4 is 11.6 Å². The van der Waals surface area contributed by atoms with Crippen molar-refractivity contribution in [2.24, 2.45) is 11.8 Å². The van der Waals surface area contributed by atoms with Crippen LogP contribution in [0.2, 0.25) is 0 Å².